The summed E-state index contributed by atoms with van der Waals surface area (Å²) in [4.78, 5) is 11.7. The number of nitrogens with one attached hydrogen (secondary N) is 2. The lowest BCUT2D eigenvalue weighted by Gasteiger charge is -2.09. The molecule has 2 rings (SSSR count). The van der Waals surface area contributed by atoms with Crippen molar-refractivity contribution in [3.05, 3.63) is 53.8 Å². The second-order valence-electron chi connectivity index (χ2n) is 3.93. The lowest BCUT2D eigenvalue weighted by Crippen LogP contribution is -2.19. The number of anilines is 2. The maximum absolute atomic E-state index is 13.0. The summed E-state index contributed by atoms with van der Waals surface area (Å²) in [5.41, 5.74) is 0.667. The van der Waals surface area contributed by atoms with Crippen LogP contribution in [-0.4, -0.2) is 11.1 Å². The fourth-order valence-corrected chi connectivity index (χ4v) is 1.56. The minimum Gasteiger partial charge on any atom is -0.506 e. The van der Waals surface area contributed by atoms with Crippen LogP contribution in [0.3, 0.4) is 0 Å². The number of phenols is 1. The van der Waals surface area contributed by atoms with E-state index in [1.807, 2.05) is 6.07 Å². The Bertz CT molecular complexity index is 695. The minimum atomic E-state index is -0.652. The predicted octanol–water partition coefficient (Wildman–Crippen LogP) is 3.05. The molecule has 0 heterocycles. The van der Waals surface area contributed by atoms with Crippen LogP contribution in [0.2, 0.25) is 0 Å². The summed E-state index contributed by atoms with van der Waals surface area (Å²) in [5, 5.41) is 23.1. The number of halogens is 1. The molecule has 0 aliphatic rings. The summed E-state index contributed by atoms with van der Waals surface area (Å²) < 4.78 is 13.0. The van der Waals surface area contributed by atoms with Crippen LogP contribution in [-0.2, 0) is 0 Å². The highest BCUT2D eigenvalue weighted by molar-refractivity contribution is 6.00. The first kappa shape index (κ1) is 13.4. The van der Waals surface area contributed by atoms with Crippen LogP contribution in [0.15, 0.2) is 42.5 Å². The zero-order valence-corrected chi connectivity index (χ0v) is 10.2. The van der Waals surface area contributed by atoms with Gasteiger partial charge in [0.2, 0.25) is 0 Å². The van der Waals surface area contributed by atoms with E-state index in [1.54, 1.807) is 0 Å². The summed E-state index contributed by atoms with van der Waals surface area (Å²) in [6.45, 7) is 0. The fraction of sp³-hybridized carbons (Fsp3) is 0. The van der Waals surface area contributed by atoms with E-state index in [4.69, 9.17) is 5.26 Å². The van der Waals surface area contributed by atoms with E-state index in [1.165, 1.54) is 36.4 Å². The van der Waals surface area contributed by atoms with Crippen molar-refractivity contribution in [1.82, 2.24) is 0 Å². The number of carbonyl (C=O) groups is 1. The second kappa shape index (κ2) is 5.71. The van der Waals surface area contributed by atoms with Gasteiger partial charge in [-0.3, -0.25) is 0 Å². The molecule has 0 unspecified atom stereocenters. The Morgan fingerprint density at radius 1 is 1.20 bits per heavy atom. The van der Waals surface area contributed by atoms with Crippen molar-refractivity contribution in [2.75, 3.05) is 10.6 Å². The van der Waals surface area contributed by atoms with Gasteiger partial charge in [0.15, 0.2) is 0 Å². The number of urea groups is 1. The topological polar surface area (TPSA) is 85.2 Å². The predicted molar refractivity (Wildman–Crippen MR) is 71.9 cm³/mol. The normalized spacial score (nSPS) is 9.60. The number of benzene rings is 2. The van der Waals surface area contributed by atoms with Crippen LogP contribution < -0.4 is 10.6 Å². The molecule has 2 aromatic carbocycles. The van der Waals surface area contributed by atoms with E-state index in [9.17, 15) is 14.3 Å². The van der Waals surface area contributed by atoms with E-state index in [0.29, 0.717) is 5.56 Å². The Hall–Kier alpha value is -3.07. The van der Waals surface area contributed by atoms with Gasteiger partial charge >= 0.3 is 6.03 Å². The molecular weight excluding hydrogens is 261 g/mol. The summed E-state index contributed by atoms with van der Waals surface area (Å²) in [6.07, 6.45) is 0. The Kier molecular flexibility index (Phi) is 3.82. The van der Waals surface area contributed by atoms with Crippen LogP contribution in [0, 0.1) is 17.1 Å². The third kappa shape index (κ3) is 3.23. The van der Waals surface area contributed by atoms with Gasteiger partial charge in [0, 0.05) is 5.69 Å². The summed E-state index contributed by atoms with van der Waals surface area (Å²) >= 11 is 0. The molecule has 6 heteroatoms. The van der Waals surface area contributed by atoms with Crippen LogP contribution >= 0.6 is 0 Å². The zero-order chi connectivity index (χ0) is 14.5. The zero-order valence-electron chi connectivity index (χ0n) is 10.2. The highest BCUT2D eigenvalue weighted by Crippen LogP contribution is 2.24. The average Bonchev–Trinajstić information content (AvgIpc) is 2.41. The van der Waals surface area contributed by atoms with Gasteiger partial charge < -0.3 is 15.7 Å². The molecule has 0 aliphatic carbocycles. The number of rotatable bonds is 2. The number of hydrogen-bond donors (Lipinski definition) is 3. The number of amides is 2. The number of phenolic OH excluding ortho intramolecular Hbond substituents is 1. The van der Waals surface area contributed by atoms with E-state index >= 15 is 0 Å². The third-order valence-electron chi connectivity index (χ3n) is 2.46. The van der Waals surface area contributed by atoms with Crippen molar-refractivity contribution in [2.45, 2.75) is 0 Å². The molecule has 0 spiro atoms. The fourth-order valence-electron chi connectivity index (χ4n) is 1.56. The van der Waals surface area contributed by atoms with Gasteiger partial charge in [0.25, 0.3) is 0 Å². The van der Waals surface area contributed by atoms with Crippen LogP contribution in [0.4, 0.5) is 20.6 Å². The smallest absolute Gasteiger partial charge is 0.323 e. The minimum absolute atomic E-state index is 0.0953. The Morgan fingerprint density at radius 2 is 2.00 bits per heavy atom. The molecule has 0 aliphatic heterocycles. The van der Waals surface area contributed by atoms with Crippen LogP contribution in [0.25, 0.3) is 0 Å². The maximum Gasteiger partial charge on any atom is 0.323 e. The first-order valence-corrected chi connectivity index (χ1v) is 5.65. The van der Waals surface area contributed by atoms with Gasteiger partial charge in [-0.1, -0.05) is 6.07 Å². The van der Waals surface area contributed by atoms with Crippen LogP contribution in [0.1, 0.15) is 5.56 Å². The summed E-state index contributed by atoms with van der Waals surface area (Å²) in [5.74, 6) is -0.643. The molecule has 100 valence electrons. The molecule has 0 saturated heterocycles. The lowest BCUT2D eigenvalue weighted by atomic mass is 10.2. The van der Waals surface area contributed by atoms with Gasteiger partial charge in [-0.15, -0.1) is 0 Å². The molecular formula is C14H10FN3O2. The standard InChI is InChI=1S/C14H10FN3O2/c15-10-2-1-3-11(7-10)17-14(20)18-12-6-9(8-16)4-5-13(12)19/h1-7,19H,(H2,17,18,20). The van der Waals surface area contributed by atoms with Crippen molar-refractivity contribution in [1.29, 1.82) is 5.26 Å². The van der Waals surface area contributed by atoms with Crippen molar-refractivity contribution in [2.24, 2.45) is 0 Å². The summed E-state index contributed by atoms with van der Waals surface area (Å²) in [7, 11) is 0. The monoisotopic (exact) mass is 271 g/mol. The van der Waals surface area contributed by atoms with Crippen molar-refractivity contribution < 1.29 is 14.3 Å². The van der Waals surface area contributed by atoms with Crippen molar-refractivity contribution in [3.63, 3.8) is 0 Å². The Balaban J connectivity index is 2.10. The SMILES string of the molecule is N#Cc1ccc(O)c(NC(=O)Nc2cccc(F)c2)c1. The molecule has 0 saturated carbocycles. The Labute approximate surface area is 114 Å². The summed E-state index contributed by atoms with van der Waals surface area (Å²) in [6, 6.07) is 10.7. The molecule has 0 radical (unpaired) electrons. The van der Waals surface area contributed by atoms with Gasteiger partial charge in [0.1, 0.15) is 11.6 Å². The highest BCUT2D eigenvalue weighted by Gasteiger charge is 2.08. The third-order valence-corrected chi connectivity index (χ3v) is 2.46. The molecule has 0 atom stereocenters. The number of nitriles is 1. The molecule has 20 heavy (non-hydrogen) atoms. The molecule has 5 nitrogen and oxygen atoms in total. The molecule has 0 bridgehead atoms. The van der Waals surface area contributed by atoms with E-state index < -0.39 is 11.8 Å². The first-order chi connectivity index (χ1) is 9.58. The largest absolute Gasteiger partial charge is 0.506 e. The molecule has 0 fully saturated rings. The van der Waals surface area contributed by atoms with Gasteiger partial charge in [-0.25, -0.2) is 9.18 Å². The average molecular weight is 271 g/mol. The van der Waals surface area contributed by atoms with Gasteiger partial charge in [-0.2, -0.15) is 5.26 Å². The first-order valence-electron chi connectivity index (χ1n) is 5.65. The maximum atomic E-state index is 13.0. The molecule has 0 aromatic heterocycles. The van der Waals surface area contributed by atoms with Crippen LogP contribution in [0.5, 0.6) is 5.75 Å². The number of nitrogens with zero attached hydrogens (tertiary/aromatic N) is 1. The van der Waals surface area contributed by atoms with Crippen molar-refractivity contribution >= 4 is 17.4 Å². The van der Waals surface area contributed by atoms with Gasteiger partial charge in [0.05, 0.1) is 17.3 Å². The molecule has 2 amide bonds. The van der Waals surface area contributed by atoms with Crippen molar-refractivity contribution in [3.8, 4) is 11.8 Å². The second-order valence-corrected chi connectivity index (χ2v) is 3.93. The van der Waals surface area contributed by atoms with Gasteiger partial charge in [-0.05, 0) is 36.4 Å². The number of aromatic hydroxyl groups is 1. The lowest BCUT2D eigenvalue weighted by molar-refractivity contribution is 0.262. The molecule has 3 N–H and O–H groups in total. The van der Waals surface area contributed by atoms with E-state index in [2.05, 4.69) is 10.6 Å². The highest BCUT2D eigenvalue weighted by atomic mass is 19.1. The Morgan fingerprint density at radius 3 is 2.70 bits per heavy atom. The number of hydrogen-bond acceptors (Lipinski definition) is 3. The number of carbonyl (C=O) groups excluding carboxylic acids is 1. The molecule has 2 aromatic rings. The van der Waals surface area contributed by atoms with E-state index in [0.717, 1.165) is 6.07 Å². The quantitative estimate of drug-likeness (QED) is 0.734. The van der Waals surface area contributed by atoms with E-state index in [-0.39, 0.29) is 17.1 Å².